The summed E-state index contributed by atoms with van der Waals surface area (Å²) >= 11 is 0. The van der Waals surface area contributed by atoms with Gasteiger partial charge in [-0.3, -0.25) is 9.63 Å². The highest BCUT2D eigenvalue weighted by Gasteiger charge is 2.41. The van der Waals surface area contributed by atoms with E-state index in [2.05, 4.69) is 0 Å². The number of hydroxylamine groups is 2. The number of piperidine rings is 1. The highest BCUT2D eigenvalue weighted by Crippen LogP contribution is 2.29. The Morgan fingerprint density at radius 1 is 1.10 bits per heavy atom. The summed E-state index contributed by atoms with van der Waals surface area (Å²) in [6.07, 6.45) is 1.19. The molecule has 0 aromatic heterocycles. The van der Waals surface area contributed by atoms with Gasteiger partial charge in [-0.25, -0.2) is 8.42 Å². The lowest BCUT2D eigenvalue weighted by Crippen LogP contribution is -2.51. The van der Waals surface area contributed by atoms with Gasteiger partial charge in [-0.1, -0.05) is 30.3 Å². The number of carbonyl (C=O) groups is 1. The fourth-order valence-corrected chi connectivity index (χ4v) is 5.44. The third-order valence-corrected chi connectivity index (χ3v) is 7.62. The van der Waals surface area contributed by atoms with Crippen LogP contribution in [0.4, 0.5) is 0 Å². The summed E-state index contributed by atoms with van der Waals surface area (Å²) in [7, 11) is -2.07. The molecule has 0 N–H and O–H groups in total. The van der Waals surface area contributed by atoms with Crippen LogP contribution in [0.3, 0.4) is 0 Å². The normalized spacial score (nSPS) is 19.7. The van der Waals surface area contributed by atoms with Crippen LogP contribution in [-0.2, 0) is 30.6 Å². The molecule has 1 heterocycles. The molecule has 1 saturated heterocycles. The van der Waals surface area contributed by atoms with Crippen molar-refractivity contribution in [1.29, 1.82) is 0 Å². The van der Waals surface area contributed by atoms with Gasteiger partial charge in [-0.05, 0) is 56.0 Å². The minimum Gasteiger partial charge on any atom is -0.497 e. The molecular formula is C23H29NO6S. The van der Waals surface area contributed by atoms with Crippen molar-refractivity contribution in [1.82, 2.24) is 5.06 Å². The van der Waals surface area contributed by atoms with Crippen LogP contribution in [0.15, 0.2) is 59.5 Å². The number of nitrogens with zero attached hydrogens (tertiary/aromatic N) is 1. The quantitative estimate of drug-likeness (QED) is 0.547. The van der Waals surface area contributed by atoms with Crippen LogP contribution in [0.5, 0.6) is 5.75 Å². The Hall–Kier alpha value is -2.42. The van der Waals surface area contributed by atoms with Crippen molar-refractivity contribution < 1.29 is 27.5 Å². The zero-order chi connectivity index (χ0) is 22.3. The molecule has 2 aromatic rings. The molecule has 0 bridgehead atoms. The molecule has 1 aliphatic rings. The second kappa shape index (κ2) is 10.7. The molecule has 2 atom stereocenters. The zero-order valence-corrected chi connectivity index (χ0v) is 18.7. The van der Waals surface area contributed by atoms with Crippen LogP contribution in [0.25, 0.3) is 0 Å². The molecule has 0 spiro atoms. The summed E-state index contributed by atoms with van der Waals surface area (Å²) in [5.74, 6) is 0.127. The first kappa shape index (κ1) is 23.2. The number of sulfone groups is 1. The molecule has 7 nitrogen and oxygen atoms in total. The predicted octanol–water partition coefficient (Wildman–Crippen LogP) is 3.04. The van der Waals surface area contributed by atoms with Crippen LogP contribution >= 0.6 is 0 Å². The first-order valence-corrected chi connectivity index (χ1v) is 12.0. The van der Waals surface area contributed by atoms with Crippen molar-refractivity contribution in [3.05, 3.63) is 60.2 Å². The Balaban J connectivity index is 1.69. The van der Waals surface area contributed by atoms with Gasteiger partial charge in [0.15, 0.2) is 9.84 Å². The van der Waals surface area contributed by atoms with Crippen molar-refractivity contribution in [3.63, 3.8) is 0 Å². The van der Waals surface area contributed by atoms with Gasteiger partial charge in [0.25, 0.3) is 0 Å². The van der Waals surface area contributed by atoms with Gasteiger partial charge in [-0.15, -0.1) is 0 Å². The minimum absolute atomic E-state index is 0.124. The third-order valence-electron chi connectivity index (χ3n) is 5.38. The molecule has 1 fully saturated rings. The first-order chi connectivity index (χ1) is 15.0. The van der Waals surface area contributed by atoms with E-state index in [1.807, 2.05) is 30.3 Å². The van der Waals surface area contributed by atoms with E-state index in [9.17, 15) is 13.2 Å². The molecule has 0 aliphatic carbocycles. The molecule has 2 aromatic carbocycles. The molecule has 0 radical (unpaired) electrons. The van der Waals surface area contributed by atoms with Crippen LogP contribution in [0.2, 0.25) is 0 Å². The van der Waals surface area contributed by atoms with Crippen molar-refractivity contribution in [2.75, 3.05) is 26.9 Å². The molecule has 0 saturated carbocycles. The van der Waals surface area contributed by atoms with E-state index in [1.54, 1.807) is 24.1 Å². The fraction of sp³-hybridized carbons (Fsp3) is 0.435. The average molecular weight is 448 g/mol. The molecule has 168 valence electrons. The predicted molar refractivity (Wildman–Crippen MR) is 116 cm³/mol. The number of methoxy groups -OCH3 is 1. The van der Waals surface area contributed by atoms with Crippen molar-refractivity contribution in [3.8, 4) is 5.75 Å². The number of hydrogen-bond donors (Lipinski definition) is 0. The van der Waals surface area contributed by atoms with Gasteiger partial charge < -0.3 is 9.47 Å². The monoisotopic (exact) mass is 447 g/mol. The molecule has 8 heteroatoms. The van der Waals surface area contributed by atoms with E-state index in [1.165, 1.54) is 19.2 Å². The number of ether oxygens (including phenoxy) is 2. The molecule has 31 heavy (non-hydrogen) atoms. The lowest BCUT2D eigenvalue weighted by molar-refractivity contribution is -0.209. The summed E-state index contributed by atoms with van der Waals surface area (Å²) < 4.78 is 36.6. The Labute approximate surface area is 183 Å². The molecule has 3 rings (SSSR count). The maximum absolute atomic E-state index is 13.2. The average Bonchev–Trinajstić information content (AvgIpc) is 2.80. The van der Waals surface area contributed by atoms with E-state index < -0.39 is 27.1 Å². The van der Waals surface area contributed by atoms with Gasteiger partial charge in [0.1, 0.15) is 11.8 Å². The summed E-state index contributed by atoms with van der Waals surface area (Å²) in [5, 5.41) is 0.894. The van der Waals surface area contributed by atoms with E-state index in [4.69, 9.17) is 14.3 Å². The fourth-order valence-electron chi connectivity index (χ4n) is 3.68. The smallest absolute Gasteiger partial charge is 0.325 e. The van der Waals surface area contributed by atoms with Gasteiger partial charge in [0.05, 0.1) is 30.5 Å². The van der Waals surface area contributed by atoms with Crippen molar-refractivity contribution >= 4 is 15.8 Å². The molecule has 0 amide bonds. The maximum Gasteiger partial charge on any atom is 0.325 e. The summed E-state index contributed by atoms with van der Waals surface area (Å²) in [5.41, 5.74) is 1.13. The van der Waals surface area contributed by atoms with E-state index in [0.717, 1.165) is 5.56 Å². The Morgan fingerprint density at radius 3 is 2.45 bits per heavy atom. The Bertz CT molecular complexity index is 946. The highest BCUT2D eigenvalue weighted by molar-refractivity contribution is 7.92. The van der Waals surface area contributed by atoms with E-state index in [0.29, 0.717) is 31.7 Å². The number of rotatable bonds is 9. The molecular weight excluding hydrogens is 418 g/mol. The summed E-state index contributed by atoms with van der Waals surface area (Å²) in [6, 6.07) is 15.5. The lowest BCUT2D eigenvalue weighted by Gasteiger charge is -2.36. The second-order valence-electron chi connectivity index (χ2n) is 7.34. The van der Waals surface area contributed by atoms with Gasteiger partial charge >= 0.3 is 5.97 Å². The van der Waals surface area contributed by atoms with Crippen LogP contribution in [0.1, 0.15) is 25.3 Å². The third kappa shape index (κ3) is 5.84. The maximum atomic E-state index is 13.2. The van der Waals surface area contributed by atoms with Gasteiger partial charge in [0, 0.05) is 6.54 Å². The number of hydrogen-bond acceptors (Lipinski definition) is 7. The summed E-state index contributed by atoms with van der Waals surface area (Å²) in [4.78, 5) is 18.7. The van der Waals surface area contributed by atoms with Gasteiger partial charge in [0.2, 0.25) is 0 Å². The lowest BCUT2D eigenvalue weighted by atomic mass is 10.0. The highest BCUT2D eigenvalue weighted by atomic mass is 32.2. The SMILES string of the molecule is CCOC(=O)C1CC(S(=O)(=O)c2ccc(OC)cc2)CCN1OCCc1ccccc1. The topological polar surface area (TPSA) is 82.1 Å². The van der Waals surface area contributed by atoms with Crippen molar-refractivity contribution in [2.45, 2.75) is 42.4 Å². The zero-order valence-electron chi connectivity index (χ0n) is 17.9. The minimum atomic E-state index is -3.60. The standard InChI is InChI=1S/C23H29NO6S/c1-3-29-23(25)22-17-21(31(26,27)20-11-9-19(28-2)10-12-20)13-15-24(22)30-16-14-18-7-5-4-6-8-18/h4-12,21-22H,3,13-17H2,1-2H3. The molecule has 2 unspecified atom stereocenters. The second-order valence-corrected chi connectivity index (χ2v) is 9.57. The number of carbonyl (C=O) groups excluding carboxylic acids is 1. The Morgan fingerprint density at radius 2 is 1.81 bits per heavy atom. The number of esters is 1. The van der Waals surface area contributed by atoms with Crippen molar-refractivity contribution in [2.24, 2.45) is 0 Å². The van der Waals surface area contributed by atoms with E-state index in [-0.39, 0.29) is 17.9 Å². The van der Waals surface area contributed by atoms with Gasteiger partial charge in [-0.2, -0.15) is 5.06 Å². The largest absolute Gasteiger partial charge is 0.497 e. The van der Waals surface area contributed by atoms with E-state index >= 15 is 0 Å². The summed E-state index contributed by atoms with van der Waals surface area (Å²) in [6.45, 7) is 2.68. The number of benzene rings is 2. The van der Waals surface area contributed by atoms with Crippen LogP contribution < -0.4 is 4.74 Å². The van der Waals surface area contributed by atoms with Crippen LogP contribution in [0, 0.1) is 0 Å². The molecule has 1 aliphatic heterocycles. The van der Waals surface area contributed by atoms with Crippen LogP contribution in [-0.4, -0.2) is 57.6 Å². The Kier molecular flexibility index (Phi) is 8.06. The first-order valence-electron chi connectivity index (χ1n) is 10.4.